The van der Waals surface area contributed by atoms with Crippen LogP contribution in [-0.2, 0) is 0 Å². The van der Waals surface area contributed by atoms with Crippen LogP contribution in [0.4, 0.5) is 0 Å². The van der Waals surface area contributed by atoms with Gasteiger partial charge in [-0.3, -0.25) is 0 Å². The lowest BCUT2D eigenvalue weighted by Crippen LogP contribution is -1.76. The van der Waals surface area contributed by atoms with E-state index in [9.17, 15) is 0 Å². The van der Waals surface area contributed by atoms with E-state index in [0.29, 0.717) is 0 Å². The van der Waals surface area contributed by atoms with Crippen molar-refractivity contribution in [1.29, 1.82) is 0 Å². The van der Waals surface area contributed by atoms with E-state index >= 15 is 0 Å². The number of hydrogen-bond acceptors (Lipinski definition) is 5. The quantitative estimate of drug-likeness (QED) is 0.537. The summed E-state index contributed by atoms with van der Waals surface area (Å²) in [6, 6.07) is 0. The number of nitrogens with zero attached hydrogens (tertiary/aromatic N) is 2. The van der Waals surface area contributed by atoms with Crippen molar-refractivity contribution in [3.63, 3.8) is 0 Å². The van der Waals surface area contributed by atoms with Crippen LogP contribution >= 0.6 is 35.5 Å². The molecule has 0 amide bonds. The number of aromatic nitrogens is 2. The molecule has 1 rings (SSSR count). The molecule has 54 valence electrons. The molecule has 1 aromatic rings. The molecule has 0 saturated carbocycles. The van der Waals surface area contributed by atoms with Gasteiger partial charge in [0, 0.05) is 5.75 Å². The van der Waals surface area contributed by atoms with Crippen LogP contribution in [0.15, 0.2) is 4.34 Å². The fraction of sp³-hybridized carbons (Fsp3) is 0.400. The van der Waals surface area contributed by atoms with Gasteiger partial charge in [0.25, 0.3) is 0 Å². The third-order valence-electron chi connectivity index (χ3n) is 0.784. The van der Waals surface area contributed by atoms with Crippen LogP contribution in [0.1, 0.15) is 5.82 Å². The van der Waals surface area contributed by atoms with Crippen molar-refractivity contribution < 1.29 is 0 Å². The zero-order chi connectivity index (χ0) is 7.40. The van der Waals surface area contributed by atoms with Gasteiger partial charge in [0.1, 0.15) is 5.82 Å². The van der Waals surface area contributed by atoms with E-state index in [4.69, 9.17) is 0 Å². The Kier molecular flexibility index (Phi) is 3.24. The van der Waals surface area contributed by atoms with Crippen LogP contribution in [0, 0.1) is 6.92 Å². The molecule has 0 saturated heterocycles. The Balaban J connectivity index is 2.49. The third-order valence-corrected chi connectivity index (χ3v) is 3.01. The van der Waals surface area contributed by atoms with Crippen molar-refractivity contribution in [2.24, 2.45) is 0 Å². The smallest absolute Gasteiger partial charge is 0.170 e. The summed E-state index contributed by atoms with van der Waals surface area (Å²) in [5, 5.41) is 1.70. The summed E-state index contributed by atoms with van der Waals surface area (Å²) in [6.45, 7) is 1.89. The fourth-order valence-electron chi connectivity index (χ4n) is 0.442. The molecular formula is C5H6N2S3. The first kappa shape index (κ1) is 8.10. The molecule has 1 aromatic heterocycles. The SMILES string of the molecule is Cc1nsc(SCC=S)n1. The van der Waals surface area contributed by atoms with E-state index in [2.05, 4.69) is 21.6 Å². The molecule has 10 heavy (non-hydrogen) atoms. The van der Waals surface area contributed by atoms with Gasteiger partial charge < -0.3 is 0 Å². The molecule has 5 heteroatoms. The van der Waals surface area contributed by atoms with Gasteiger partial charge in [-0.2, -0.15) is 4.37 Å². The van der Waals surface area contributed by atoms with Gasteiger partial charge in [-0.25, -0.2) is 4.98 Å². The van der Waals surface area contributed by atoms with E-state index in [0.717, 1.165) is 15.9 Å². The van der Waals surface area contributed by atoms with Crippen molar-refractivity contribution in [3.05, 3.63) is 5.82 Å². The average Bonchev–Trinajstić information content (AvgIpc) is 2.31. The second kappa shape index (κ2) is 4.00. The van der Waals surface area contributed by atoms with Gasteiger partial charge in [0.15, 0.2) is 4.34 Å². The van der Waals surface area contributed by atoms with Gasteiger partial charge in [0.2, 0.25) is 0 Å². The maximum Gasteiger partial charge on any atom is 0.170 e. The van der Waals surface area contributed by atoms with E-state index in [1.54, 1.807) is 17.1 Å². The third kappa shape index (κ3) is 2.32. The Hall–Kier alpha value is -0.0000000000000000555. The van der Waals surface area contributed by atoms with Crippen molar-refractivity contribution in [2.45, 2.75) is 11.3 Å². The van der Waals surface area contributed by atoms with Crippen molar-refractivity contribution >= 4 is 40.9 Å². The summed E-state index contributed by atoms with van der Waals surface area (Å²) in [4.78, 5) is 4.15. The monoisotopic (exact) mass is 190 g/mol. The van der Waals surface area contributed by atoms with Crippen molar-refractivity contribution in [2.75, 3.05) is 5.75 Å². The number of aryl methyl sites for hydroxylation is 1. The lowest BCUT2D eigenvalue weighted by molar-refractivity contribution is 1.10. The first-order chi connectivity index (χ1) is 4.83. The van der Waals surface area contributed by atoms with Gasteiger partial charge in [-0.05, 0) is 23.8 Å². The normalized spacial score (nSPS) is 9.70. The molecule has 0 aliphatic carbocycles. The highest BCUT2D eigenvalue weighted by Crippen LogP contribution is 2.18. The number of thiocarbonyl (C=S) groups is 1. The van der Waals surface area contributed by atoms with Crippen molar-refractivity contribution in [3.8, 4) is 0 Å². The maximum atomic E-state index is 4.67. The minimum atomic E-state index is 0.837. The van der Waals surface area contributed by atoms with Gasteiger partial charge in [0.05, 0.1) is 0 Å². The zero-order valence-electron chi connectivity index (χ0n) is 5.40. The van der Waals surface area contributed by atoms with Crippen LogP contribution in [0.2, 0.25) is 0 Å². The van der Waals surface area contributed by atoms with E-state index in [1.807, 2.05) is 6.92 Å². The topological polar surface area (TPSA) is 25.8 Å². The number of thioether (sulfide) groups is 1. The van der Waals surface area contributed by atoms with E-state index in [-0.39, 0.29) is 0 Å². The number of rotatable bonds is 3. The van der Waals surface area contributed by atoms with Crippen LogP contribution < -0.4 is 0 Å². The molecule has 0 aliphatic rings. The first-order valence-electron chi connectivity index (χ1n) is 2.69. The van der Waals surface area contributed by atoms with Gasteiger partial charge >= 0.3 is 0 Å². The second-order valence-corrected chi connectivity index (χ2v) is 3.94. The summed E-state index contributed by atoms with van der Waals surface area (Å²) in [5.74, 6) is 1.68. The van der Waals surface area contributed by atoms with Gasteiger partial charge in [-0.1, -0.05) is 24.0 Å². The molecule has 0 spiro atoms. The highest BCUT2D eigenvalue weighted by molar-refractivity contribution is 8.02. The molecule has 0 radical (unpaired) electrons. The molecule has 0 aliphatic heterocycles. The van der Waals surface area contributed by atoms with Crippen molar-refractivity contribution in [1.82, 2.24) is 9.36 Å². The highest BCUT2D eigenvalue weighted by atomic mass is 32.2. The summed E-state index contributed by atoms with van der Waals surface area (Å²) < 4.78 is 5.03. The minimum Gasteiger partial charge on any atom is -0.213 e. The summed E-state index contributed by atoms with van der Waals surface area (Å²) >= 11 is 7.72. The highest BCUT2D eigenvalue weighted by Gasteiger charge is 1.97. The zero-order valence-corrected chi connectivity index (χ0v) is 7.85. The molecule has 0 unspecified atom stereocenters. The molecule has 0 atom stereocenters. The van der Waals surface area contributed by atoms with Crippen LogP contribution in [-0.4, -0.2) is 20.5 Å². The summed E-state index contributed by atoms with van der Waals surface area (Å²) in [5.41, 5.74) is 0. The maximum absolute atomic E-state index is 4.67. The van der Waals surface area contributed by atoms with E-state index < -0.39 is 0 Å². The lowest BCUT2D eigenvalue weighted by Gasteiger charge is -1.84. The molecular weight excluding hydrogens is 184 g/mol. The summed E-state index contributed by atoms with van der Waals surface area (Å²) in [6.07, 6.45) is 0. The lowest BCUT2D eigenvalue weighted by atomic mass is 10.8. The largest absolute Gasteiger partial charge is 0.213 e. The minimum absolute atomic E-state index is 0.837. The van der Waals surface area contributed by atoms with Crippen LogP contribution in [0.5, 0.6) is 0 Å². The molecule has 0 N–H and O–H groups in total. The Morgan fingerprint density at radius 2 is 2.60 bits per heavy atom. The Morgan fingerprint density at radius 3 is 3.10 bits per heavy atom. The van der Waals surface area contributed by atoms with Crippen LogP contribution in [0.25, 0.3) is 0 Å². The predicted octanol–water partition coefficient (Wildman–Crippen LogP) is 1.94. The molecule has 1 heterocycles. The summed E-state index contributed by atoms with van der Waals surface area (Å²) in [7, 11) is 0. The Labute approximate surface area is 73.2 Å². The molecule has 0 bridgehead atoms. The second-order valence-electron chi connectivity index (χ2n) is 1.59. The molecule has 2 nitrogen and oxygen atoms in total. The Bertz CT molecular complexity index is 220. The average molecular weight is 190 g/mol. The van der Waals surface area contributed by atoms with Crippen LogP contribution in [0.3, 0.4) is 0 Å². The Morgan fingerprint density at radius 1 is 1.80 bits per heavy atom. The standard InChI is InChI=1S/C5H6N2S3/c1-4-6-5(10-7-4)9-3-2-8/h2H,3H2,1H3. The molecule has 0 fully saturated rings. The molecule has 0 aromatic carbocycles. The van der Waals surface area contributed by atoms with Gasteiger partial charge in [-0.15, -0.1) is 0 Å². The predicted molar refractivity (Wildman–Crippen MR) is 49.0 cm³/mol. The number of hydrogen-bond donors (Lipinski definition) is 0. The fourth-order valence-corrected chi connectivity index (χ4v) is 2.00. The first-order valence-corrected chi connectivity index (χ1v) is 4.92. The van der Waals surface area contributed by atoms with E-state index in [1.165, 1.54) is 11.5 Å².